The summed E-state index contributed by atoms with van der Waals surface area (Å²) in [6.07, 6.45) is 2.31. The normalized spacial score (nSPS) is 18.3. The standard InChI is InChI=1S/C21H23NO5S/c1-12-3-6-18-15(7-12)9-19(28-18)21(24)27-13(2)20(23)22-10-14-4-5-16-17(8-14)26-11-25-16/h4-5,8-9,12-13H,3,6-7,10-11H2,1-2H3,(H,22,23)/t12-,13-/m0/s1. The Kier molecular flexibility index (Phi) is 5.26. The van der Waals surface area contributed by atoms with Crippen LogP contribution in [0.3, 0.4) is 0 Å². The highest BCUT2D eigenvalue weighted by atomic mass is 32.1. The molecule has 2 heterocycles. The van der Waals surface area contributed by atoms with E-state index < -0.39 is 12.1 Å². The number of hydrogen-bond donors (Lipinski definition) is 1. The second-order valence-corrected chi connectivity index (χ2v) is 8.50. The molecule has 6 nitrogen and oxygen atoms in total. The van der Waals surface area contributed by atoms with Crippen molar-refractivity contribution in [2.75, 3.05) is 6.79 Å². The van der Waals surface area contributed by atoms with E-state index in [1.165, 1.54) is 21.8 Å². The van der Waals surface area contributed by atoms with E-state index in [-0.39, 0.29) is 12.7 Å². The molecule has 0 spiro atoms. The average molecular weight is 401 g/mol. The van der Waals surface area contributed by atoms with E-state index in [0.717, 1.165) is 24.8 Å². The van der Waals surface area contributed by atoms with Crippen LogP contribution in [-0.2, 0) is 28.9 Å². The minimum Gasteiger partial charge on any atom is -0.454 e. The van der Waals surface area contributed by atoms with E-state index in [0.29, 0.717) is 28.8 Å². The molecule has 2 aromatic rings. The zero-order chi connectivity index (χ0) is 19.7. The van der Waals surface area contributed by atoms with Gasteiger partial charge in [0.15, 0.2) is 17.6 Å². The van der Waals surface area contributed by atoms with Gasteiger partial charge in [-0.3, -0.25) is 4.79 Å². The molecule has 0 bridgehead atoms. The Morgan fingerprint density at radius 2 is 2.11 bits per heavy atom. The first-order valence-corrected chi connectivity index (χ1v) is 10.3. The maximum atomic E-state index is 12.4. The van der Waals surface area contributed by atoms with Gasteiger partial charge in [0.1, 0.15) is 4.88 Å². The molecule has 7 heteroatoms. The summed E-state index contributed by atoms with van der Waals surface area (Å²) in [5.74, 6) is 1.25. The number of amides is 1. The molecule has 1 aromatic heterocycles. The highest BCUT2D eigenvalue weighted by Gasteiger charge is 2.24. The second kappa shape index (κ2) is 7.83. The van der Waals surface area contributed by atoms with Crippen molar-refractivity contribution in [3.05, 3.63) is 45.1 Å². The van der Waals surface area contributed by atoms with Gasteiger partial charge in [-0.05, 0) is 61.4 Å². The second-order valence-electron chi connectivity index (χ2n) is 7.36. The molecule has 4 rings (SSSR count). The fourth-order valence-electron chi connectivity index (χ4n) is 3.46. The van der Waals surface area contributed by atoms with Crippen molar-refractivity contribution in [1.82, 2.24) is 5.32 Å². The molecule has 0 saturated heterocycles. The van der Waals surface area contributed by atoms with Gasteiger partial charge in [0, 0.05) is 11.4 Å². The number of ether oxygens (including phenoxy) is 3. The SMILES string of the molecule is C[C@H]1CCc2sc(C(=O)O[C@@H](C)C(=O)NCc3ccc4c(c3)OCO4)cc2C1. The lowest BCUT2D eigenvalue weighted by Gasteiger charge is -2.16. The number of carbonyl (C=O) groups excluding carboxylic acids is 2. The number of carbonyl (C=O) groups is 2. The van der Waals surface area contributed by atoms with Crippen LogP contribution in [0.25, 0.3) is 0 Å². The number of esters is 1. The van der Waals surface area contributed by atoms with Crippen LogP contribution in [0.5, 0.6) is 11.5 Å². The van der Waals surface area contributed by atoms with Crippen molar-refractivity contribution in [2.24, 2.45) is 5.92 Å². The lowest BCUT2D eigenvalue weighted by Crippen LogP contribution is -2.35. The molecule has 1 N–H and O–H groups in total. The molecule has 1 amide bonds. The maximum absolute atomic E-state index is 12.4. The van der Waals surface area contributed by atoms with Gasteiger partial charge in [-0.25, -0.2) is 4.79 Å². The lowest BCUT2D eigenvalue weighted by atomic mass is 9.90. The predicted octanol–water partition coefficient (Wildman–Crippen LogP) is 3.46. The molecule has 1 aliphatic carbocycles. The van der Waals surface area contributed by atoms with Gasteiger partial charge in [0.25, 0.3) is 5.91 Å². The zero-order valence-electron chi connectivity index (χ0n) is 15.9. The van der Waals surface area contributed by atoms with Crippen LogP contribution >= 0.6 is 11.3 Å². The van der Waals surface area contributed by atoms with Gasteiger partial charge >= 0.3 is 5.97 Å². The third-order valence-corrected chi connectivity index (χ3v) is 6.30. The highest BCUT2D eigenvalue weighted by molar-refractivity contribution is 7.14. The summed E-state index contributed by atoms with van der Waals surface area (Å²) in [5.41, 5.74) is 2.13. The van der Waals surface area contributed by atoms with Crippen molar-refractivity contribution >= 4 is 23.2 Å². The van der Waals surface area contributed by atoms with Crippen LogP contribution < -0.4 is 14.8 Å². The monoisotopic (exact) mass is 401 g/mol. The van der Waals surface area contributed by atoms with Gasteiger partial charge in [-0.2, -0.15) is 0 Å². The molecule has 0 unspecified atom stereocenters. The number of hydrogen-bond acceptors (Lipinski definition) is 6. The minimum absolute atomic E-state index is 0.212. The third kappa shape index (κ3) is 3.99. The topological polar surface area (TPSA) is 73.9 Å². The summed E-state index contributed by atoms with van der Waals surface area (Å²) in [6.45, 7) is 4.35. The summed E-state index contributed by atoms with van der Waals surface area (Å²) in [4.78, 5) is 26.6. The highest BCUT2D eigenvalue weighted by Crippen LogP contribution is 2.33. The quantitative estimate of drug-likeness (QED) is 0.777. The predicted molar refractivity (Wildman–Crippen MR) is 105 cm³/mol. The zero-order valence-corrected chi connectivity index (χ0v) is 16.8. The molecule has 1 aromatic carbocycles. The first kappa shape index (κ1) is 18.8. The Morgan fingerprint density at radius 1 is 1.29 bits per heavy atom. The third-order valence-electron chi connectivity index (χ3n) is 5.09. The summed E-state index contributed by atoms with van der Waals surface area (Å²) in [6, 6.07) is 7.43. The minimum atomic E-state index is -0.862. The van der Waals surface area contributed by atoms with Crippen LogP contribution in [0.2, 0.25) is 0 Å². The molecular formula is C21H23NO5S. The Bertz CT molecular complexity index is 906. The molecule has 0 saturated carbocycles. The van der Waals surface area contributed by atoms with Crippen LogP contribution in [0.15, 0.2) is 24.3 Å². The molecule has 0 radical (unpaired) electrons. The van der Waals surface area contributed by atoms with Gasteiger partial charge in [0.2, 0.25) is 6.79 Å². The average Bonchev–Trinajstić information content (AvgIpc) is 3.31. The Balaban J connectivity index is 1.31. The largest absolute Gasteiger partial charge is 0.454 e. The summed E-state index contributed by atoms with van der Waals surface area (Å²) < 4.78 is 16.0. The van der Waals surface area contributed by atoms with Gasteiger partial charge in [-0.1, -0.05) is 13.0 Å². The van der Waals surface area contributed by atoms with E-state index >= 15 is 0 Å². The summed E-state index contributed by atoms with van der Waals surface area (Å²) in [5, 5.41) is 2.79. The molecule has 28 heavy (non-hydrogen) atoms. The van der Waals surface area contributed by atoms with E-state index in [1.807, 2.05) is 24.3 Å². The Morgan fingerprint density at radius 3 is 2.96 bits per heavy atom. The van der Waals surface area contributed by atoms with Crippen LogP contribution in [0, 0.1) is 5.92 Å². The van der Waals surface area contributed by atoms with Crippen LogP contribution in [0.4, 0.5) is 0 Å². The number of thiophene rings is 1. The fraction of sp³-hybridized carbons (Fsp3) is 0.429. The van der Waals surface area contributed by atoms with Crippen molar-refractivity contribution in [2.45, 2.75) is 45.8 Å². The fourth-order valence-corrected chi connectivity index (χ4v) is 4.55. The Hall–Kier alpha value is -2.54. The maximum Gasteiger partial charge on any atom is 0.349 e. The van der Waals surface area contributed by atoms with Gasteiger partial charge in [-0.15, -0.1) is 11.3 Å². The van der Waals surface area contributed by atoms with Crippen molar-refractivity contribution in [3.8, 4) is 11.5 Å². The molecule has 148 valence electrons. The van der Waals surface area contributed by atoms with E-state index in [4.69, 9.17) is 14.2 Å². The Labute approximate surface area is 167 Å². The van der Waals surface area contributed by atoms with E-state index in [1.54, 1.807) is 6.92 Å². The van der Waals surface area contributed by atoms with E-state index in [9.17, 15) is 9.59 Å². The summed E-state index contributed by atoms with van der Waals surface area (Å²) >= 11 is 1.49. The number of nitrogens with one attached hydrogen (secondary N) is 1. The number of fused-ring (bicyclic) bond motifs is 2. The molecule has 2 atom stereocenters. The molecule has 1 aliphatic heterocycles. The number of aryl methyl sites for hydroxylation is 1. The molecular weight excluding hydrogens is 378 g/mol. The van der Waals surface area contributed by atoms with Crippen molar-refractivity contribution in [1.29, 1.82) is 0 Å². The van der Waals surface area contributed by atoms with Crippen LogP contribution in [-0.4, -0.2) is 24.8 Å². The van der Waals surface area contributed by atoms with Crippen molar-refractivity contribution < 1.29 is 23.8 Å². The van der Waals surface area contributed by atoms with Crippen molar-refractivity contribution in [3.63, 3.8) is 0 Å². The number of rotatable bonds is 5. The first-order chi connectivity index (χ1) is 13.5. The summed E-state index contributed by atoms with van der Waals surface area (Å²) in [7, 11) is 0. The molecule has 0 fully saturated rings. The smallest absolute Gasteiger partial charge is 0.349 e. The van der Waals surface area contributed by atoms with Gasteiger partial charge in [0.05, 0.1) is 0 Å². The van der Waals surface area contributed by atoms with Gasteiger partial charge < -0.3 is 19.5 Å². The van der Waals surface area contributed by atoms with Crippen LogP contribution in [0.1, 0.15) is 45.9 Å². The number of benzene rings is 1. The van der Waals surface area contributed by atoms with E-state index in [2.05, 4.69) is 12.2 Å². The lowest BCUT2D eigenvalue weighted by molar-refractivity contribution is -0.129. The molecule has 2 aliphatic rings. The first-order valence-electron chi connectivity index (χ1n) is 9.48.